The predicted octanol–water partition coefficient (Wildman–Crippen LogP) is 5.01. The molecule has 9 heteroatoms. The molecular formula is C26H20F3N3O3. The summed E-state index contributed by atoms with van der Waals surface area (Å²) in [5.41, 5.74) is 1.68. The van der Waals surface area contributed by atoms with E-state index in [9.17, 15) is 22.8 Å². The third-order valence-electron chi connectivity index (χ3n) is 6.01. The monoisotopic (exact) mass is 479 g/mol. The van der Waals surface area contributed by atoms with Crippen molar-refractivity contribution in [2.75, 3.05) is 18.6 Å². The molecule has 0 radical (unpaired) electrons. The second-order valence-electron chi connectivity index (χ2n) is 8.24. The van der Waals surface area contributed by atoms with Crippen molar-refractivity contribution in [3.05, 3.63) is 84.1 Å². The predicted molar refractivity (Wildman–Crippen MR) is 125 cm³/mol. The van der Waals surface area contributed by atoms with Crippen molar-refractivity contribution in [2.24, 2.45) is 0 Å². The minimum Gasteiger partial charge on any atom is -0.489 e. The molecule has 0 fully saturated rings. The van der Waals surface area contributed by atoms with E-state index in [0.29, 0.717) is 33.5 Å². The molecule has 0 unspecified atom stereocenters. The van der Waals surface area contributed by atoms with Crippen LogP contribution in [0.3, 0.4) is 0 Å². The van der Waals surface area contributed by atoms with E-state index in [2.05, 4.69) is 10.3 Å². The lowest BCUT2D eigenvalue weighted by Crippen LogP contribution is -2.49. The molecule has 6 nitrogen and oxygen atoms in total. The van der Waals surface area contributed by atoms with Crippen molar-refractivity contribution >= 4 is 28.4 Å². The van der Waals surface area contributed by atoms with Crippen LogP contribution >= 0.6 is 0 Å². The highest BCUT2D eigenvalue weighted by Crippen LogP contribution is 2.35. The van der Waals surface area contributed by atoms with E-state index in [1.807, 2.05) is 0 Å². The number of nitrogens with zero attached hydrogens (tertiary/aromatic N) is 1. The van der Waals surface area contributed by atoms with Crippen molar-refractivity contribution in [1.29, 1.82) is 0 Å². The van der Waals surface area contributed by atoms with Crippen LogP contribution in [0.5, 0.6) is 5.75 Å². The van der Waals surface area contributed by atoms with E-state index >= 15 is 0 Å². The van der Waals surface area contributed by atoms with Crippen molar-refractivity contribution < 1.29 is 27.5 Å². The summed E-state index contributed by atoms with van der Waals surface area (Å²) in [7, 11) is 1.61. The van der Waals surface area contributed by atoms with E-state index in [1.165, 1.54) is 11.0 Å². The minimum atomic E-state index is -4.46. The number of hydrogen-bond acceptors (Lipinski definition) is 3. The van der Waals surface area contributed by atoms with Crippen LogP contribution in [0.1, 0.15) is 15.9 Å². The maximum atomic E-state index is 13.2. The normalized spacial score (nSPS) is 15.9. The molecule has 0 saturated heterocycles. The number of alkyl halides is 3. The SMILES string of the molecule is CN1C(=O)[C@@H](NC(=O)c2ccc3[nH]cc(-c4cccc(C(F)(F)F)c4)c3c2)COc2ccccc21. The molecule has 5 rings (SSSR count). The molecule has 2 amide bonds. The van der Waals surface area contributed by atoms with E-state index in [1.54, 1.807) is 61.8 Å². The number of aromatic amines is 1. The smallest absolute Gasteiger partial charge is 0.416 e. The molecule has 4 aromatic rings. The van der Waals surface area contributed by atoms with Gasteiger partial charge < -0.3 is 19.9 Å². The van der Waals surface area contributed by atoms with Crippen LogP contribution in [-0.2, 0) is 11.0 Å². The zero-order chi connectivity index (χ0) is 24.7. The molecule has 2 N–H and O–H groups in total. The highest BCUT2D eigenvalue weighted by Gasteiger charge is 2.32. The lowest BCUT2D eigenvalue weighted by Gasteiger charge is -2.20. The van der Waals surface area contributed by atoms with Crippen LogP contribution in [-0.4, -0.2) is 36.5 Å². The summed E-state index contributed by atoms with van der Waals surface area (Å²) in [6.45, 7) is -0.0339. The Morgan fingerprint density at radius 1 is 1.09 bits per heavy atom. The van der Waals surface area contributed by atoms with Crippen LogP contribution in [0.25, 0.3) is 22.0 Å². The van der Waals surface area contributed by atoms with Gasteiger partial charge in [-0.15, -0.1) is 0 Å². The van der Waals surface area contributed by atoms with E-state index in [0.717, 1.165) is 12.1 Å². The second-order valence-corrected chi connectivity index (χ2v) is 8.24. The Kier molecular flexibility index (Phi) is 5.47. The number of aromatic nitrogens is 1. The third kappa shape index (κ3) is 4.21. The lowest BCUT2D eigenvalue weighted by atomic mass is 10.0. The molecule has 0 bridgehead atoms. The first-order chi connectivity index (χ1) is 16.7. The number of para-hydroxylation sites is 2. The average molecular weight is 479 g/mol. The van der Waals surface area contributed by atoms with Crippen LogP contribution in [0.15, 0.2) is 72.9 Å². The van der Waals surface area contributed by atoms with Gasteiger partial charge >= 0.3 is 6.18 Å². The summed E-state index contributed by atoms with van der Waals surface area (Å²) in [5, 5.41) is 3.31. The molecular weight excluding hydrogens is 459 g/mol. The Morgan fingerprint density at radius 3 is 2.69 bits per heavy atom. The van der Waals surface area contributed by atoms with Crippen molar-refractivity contribution in [1.82, 2.24) is 10.3 Å². The highest BCUT2D eigenvalue weighted by molar-refractivity contribution is 6.06. The van der Waals surface area contributed by atoms with E-state index < -0.39 is 23.7 Å². The Labute approximate surface area is 198 Å². The number of benzene rings is 3. The van der Waals surface area contributed by atoms with Crippen molar-refractivity contribution in [2.45, 2.75) is 12.2 Å². The van der Waals surface area contributed by atoms with Gasteiger partial charge in [-0.3, -0.25) is 9.59 Å². The molecule has 2 heterocycles. The molecule has 178 valence electrons. The number of carbonyl (C=O) groups excluding carboxylic acids is 2. The first-order valence-corrected chi connectivity index (χ1v) is 10.8. The number of fused-ring (bicyclic) bond motifs is 2. The fourth-order valence-electron chi connectivity index (χ4n) is 4.16. The zero-order valence-corrected chi connectivity index (χ0v) is 18.5. The molecule has 3 aromatic carbocycles. The van der Waals surface area contributed by atoms with Crippen LogP contribution in [0.4, 0.5) is 18.9 Å². The fourth-order valence-corrected chi connectivity index (χ4v) is 4.16. The summed E-state index contributed by atoms with van der Waals surface area (Å²) in [6, 6.07) is 16.1. The highest BCUT2D eigenvalue weighted by atomic mass is 19.4. The number of halogens is 3. The van der Waals surface area contributed by atoms with Gasteiger partial charge in [-0.25, -0.2) is 0 Å². The number of nitrogens with one attached hydrogen (secondary N) is 2. The van der Waals surface area contributed by atoms with Crippen molar-refractivity contribution in [3.8, 4) is 16.9 Å². The van der Waals surface area contributed by atoms with Gasteiger partial charge in [0, 0.05) is 35.3 Å². The van der Waals surface area contributed by atoms with Gasteiger partial charge in [-0.2, -0.15) is 13.2 Å². The lowest BCUT2D eigenvalue weighted by molar-refractivity contribution is -0.137. The summed E-state index contributed by atoms with van der Waals surface area (Å²) >= 11 is 0. The van der Waals surface area contributed by atoms with Gasteiger partial charge in [-0.05, 0) is 48.0 Å². The molecule has 0 aliphatic carbocycles. The van der Waals surface area contributed by atoms with E-state index in [4.69, 9.17) is 4.74 Å². The number of carbonyl (C=O) groups is 2. The Balaban J connectivity index is 1.42. The van der Waals surface area contributed by atoms with Gasteiger partial charge in [0.05, 0.1) is 11.3 Å². The van der Waals surface area contributed by atoms with Gasteiger partial charge in [0.1, 0.15) is 18.4 Å². The maximum absolute atomic E-state index is 13.2. The molecule has 1 aliphatic heterocycles. The van der Waals surface area contributed by atoms with Gasteiger partial charge in [-0.1, -0.05) is 24.3 Å². The first-order valence-electron chi connectivity index (χ1n) is 10.8. The number of amides is 2. The number of H-pyrrole nitrogens is 1. The summed E-state index contributed by atoms with van der Waals surface area (Å²) in [6.07, 6.45) is -2.86. The van der Waals surface area contributed by atoms with Gasteiger partial charge in [0.2, 0.25) is 0 Å². The topological polar surface area (TPSA) is 74.4 Å². The minimum absolute atomic E-state index is 0.0339. The van der Waals surface area contributed by atoms with Crippen LogP contribution in [0.2, 0.25) is 0 Å². The molecule has 0 saturated carbocycles. The first kappa shape index (κ1) is 22.5. The number of anilines is 1. The number of rotatable bonds is 3. The Morgan fingerprint density at radius 2 is 1.89 bits per heavy atom. The summed E-state index contributed by atoms with van der Waals surface area (Å²) in [4.78, 5) is 30.5. The van der Waals surface area contributed by atoms with Gasteiger partial charge in [0.15, 0.2) is 0 Å². The number of hydrogen-bond donors (Lipinski definition) is 2. The van der Waals surface area contributed by atoms with E-state index in [-0.39, 0.29) is 18.1 Å². The van der Waals surface area contributed by atoms with Crippen molar-refractivity contribution in [3.63, 3.8) is 0 Å². The summed E-state index contributed by atoms with van der Waals surface area (Å²) in [5.74, 6) is -0.278. The average Bonchev–Trinajstić information content (AvgIpc) is 3.24. The zero-order valence-electron chi connectivity index (χ0n) is 18.5. The Bertz CT molecular complexity index is 1440. The standard InChI is InChI=1S/C26H20F3N3O3/c1-32-22-7-2-3-8-23(22)35-14-21(25(32)34)31-24(33)16-9-10-20-18(12-16)19(13-30-20)15-5-4-6-17(11-15)26(27,28)29/h2-13,21,30H,14H2,1H3,(H,31,33)/t21-/m0/s1. The largest absolute Gasteiger partial charge is 0.489 e. The molecule has 1 aromatic heterocycles. The summed E-state index contributed by atoms with van der Waals surface area (Å²) < 4.78 is 45.3. The fraction of sp³-hybridized carbons (Fsp3) is 0.154. The quantitative estimate of drug-likeness (QED) is 0.434. The van der Waals surface area contributed by atoms with Crippen LogP contribution in [0, 0.1) is 0 Å². The Hall–Kier alpha value is -4.27. The number of likely N-dealkylation sites (N-methyl/N-ethyl adjacent to an activating group) is 1. The maximum Gasteiger partial charge on any atom is 0.416 e. The molecule has 1 atom stereocenters. The molecule has 1 aliphatic rings. The van der Waals surface area contributed by atoms with Gasteiger partial charge in [0.25, 0.3) is 11.8 Å². The molecule has 0 spiro atoms. The number of ether oxygens (including phenoxy) is 1. The molecule has 35 heavy (non-hydrogen) atoms. The van der Waals surface area contributed by atoms with Crippen LogP contribution < -0.4 is 15.0 Å². The third-order valence-corrected chi connectivity index (χ3v) is 6.01. The second kappa shape index (κ2) is 8.50.